The Morgan fingerprint density at radius 2 is 1.97 bits per heavy atom. The number of nitrogens with zero attached hydrogens (tertiary/aromatic N) is 4. The van der Waals surface area contributed by atoms with Gasteiger partial charge in [0.1, 0.15) is 5.56 Å². The van der Waals surface area contributed by atoms with Crippen LogP contribution in [0.4, 0.5) is 10.8 Å². The van der Waals surface area contributed by atoms with Crippen LogP contribution in [0.3, 0.4) is 0 Å². The SMILES string of the molecule is Cc1cccc2sc(N(Cc3cccnc3)C(=O)c3ccccc3[N+](=O)[O-])nc12. The molecule has 0 saturated carbocycles. The molecule has 144 valence electrons. The van der Waals surface area contributed by atoms with Crippen molar-refractivity contribution in [2.24, 2.45) is 0 Å². The molecule has 0 atom stereocenters. The van der Waals surface area contributed by atoms with Crippen molar-refractivity contribution < 1.29 is 9.72 Å². The fourth-order valence-electron chi connectivity index (χ4n) is 3.05. The third-order valence-electron chi connectivity index (χ3n) is 4.48. The molecule has 0 aliphatic carbocycles. The zero-order chi connectivity index (χ0) is 20.4. The number of aryl methyl sites for hydroxylation is 1. The predicted molar refractivity (Wildman–Crippen MR) is 112 cm³/mol. The largest absolute Gasteiger partial charge is 0.282 e. The lowest BCUT2D eigenvalue weighted by Crippen LogP contribution is -2.31. The lowest BCUT2D eigenvalue weighted by Gasteiger charge is -2.20. The van der Waals surface area contributed by atoms with Gasteiger partial charge in [-0.05, 0) is 36.2 Å². The number of aromatic nitrogens is 2. The summed E-state index contributed by atoms with van der Waals surface area (Å²) in [5.41, 5.74) is 2.42. The zero-order valence-corrected chi connectivity index (χ0v) is 16.3. The number of hydrogen-bond donors (Lipinski definition) is 0. The van der Waals surface area contributed by atoms with E-state index in [0.29, 0.717) is 5.13 Å². The summed E-state index contributed by atoms with van der Waals surface area (Å²) in [4.78, 5) is 34.5. The van der Waals surface area contributed by atoms with E-state index in [-0.39, 0.29) is 17.8 Å². The molecular formula is C21H16N4O3S. The Balaban J connectivity index is 1.83. The van der Waals surface area contributed by atoms with Gasteiger partial charge in [0.2, 0.25) is 0 Å². The normalized spacial score (nSPS) is 10.8. The average molecular weight is 404 g/mol. The van der Waals surface area contributed by atoms with Crippen molar-refractivity contribution in [2.45, 2.75) is 13.5 Å². The van der Waals surface area contributed by atoms with E-state index in [2.05, 4.69) is 9.97 Å². The van der Waals surface area contributed by atoms with Crippen LogP contribution in [-0.4, -0.2) is 20.8 Å². The van der Waals surface area contributed by atoms with Crippen molar-refractivity contribution in [3.05, 3.63) is 93.8 Å². The van der Waals surface area contributed by atoms with E-state index in [1.807, 2.05) is 31.2 Å². The third kappa shape index (κ3) is 3.70. The van der Waals surface area contributed by atoms with Crippen molar-refractivity contribution in [3.8, 4) is 0 Å². The molecule has 0 radical (unpaired) electrons. The number of hydrogen-bond acceptors (Lipinski definition) is 6. The number of nitro groups is 1. The maximum absolute atomic E-state index is 13.4. The van der Waals surface area contributed by atoms with Crippen molar-refractivity contribution in [3.63, 3.8) is 0 Å². The van der Waals surface area contributed by atoms with Gasteiger partial charge < -0.3 is 0 Å². The molecule has 2 aromatic heterocycles. The van der Waals surface area contributed by atoms with Crippen LogP contribution >= 0.6 is 11.3 Å². The van der Waals surface area contributed by atoms with Gasteiger partial charge in [-0.25, -0.2) is 4.98 Å². The molecule has 2 aromatic carbocycles. The highest BCUT2D eigenvalue weighted by Crippen LogP contribution is 2.33. The Kier molecular flexibility index (Phi) is 5.01. The Labute approximate surface area is 170 Å². The van der Waals surface area contributed by atoms with Crippen LogP contribution in [0.5, 0.6) is 0 Å². The number of anilines is 1. The van der Waals surface area contributed by atoms with Crippen molar-refractivity contribution in [1.82, 2.24) is 9.97 Å². The third-order valence-corrected chi connectivity index (χ3v) is 5.52. The summed E-state index contributed by atoms with van der Waals surface area (Å²) in [5, 5.41) is 11.9. The molecule has 0 unspecified atom stereocenters. The molecule has 29 heavy (non-hydrogen) atoms. The fourth-order valence-corrected chi connectivity index (χ4v) is 4.09. The number of nitro benzene ring substituents is 1. The number of carbonyl (C=O) groups excluding carboxylic acids is 1. The highest BCUT2D eigenvalue weighted by atomic mass is 32.1. The molecule has 0 fully saturated rings. The number of para-hydroxylation sites is 2. The molecule has 0 aliphatic rings. The van der Waals surface area contributed by atoms with E-state index in [1.54, 1.807) is 30.6 Å². The summed E-state index contributed by atoms with van der Waals surface area (Å²) in [6.07, 6.45) is 3.32. The number of carbonyl (C=O) groups is 1. The summed E-state index contributed by atoms with van der Waals surface area (Å²) in [7, 11) is 0. The van der Waals surface area contributed by atoms with Gasteiger partial charge in [-0.2, -0.15) is 0 Å². The minimum absolute atomic E-state index is 0.0253. The molecule has 2 heterocycles. The summed E-state index contributed by atoms with van der Waals surface area (Å²) < 4.78 is 0.951. The lowest BCUT2D eigenvalue weighted by molar-refractivity contribution is -0.385. The van der Waals surface area contributed by atoms with Crippen LogP contribution in [0.15, 0.2) is 67.0 Å². The first-order valence-corrected chi connectivity index (χ1v) is 9.66. The standard InChI is InChI=1S/C21H16N4O3S/c1-14-6-4-10-18-19(14)23-21(29-18)24(13-15-7-5-11-22-12-15)20(26)16-8-2-3-9-17(16)25(27)28/h2-12H,13H2,1H3. The molecule has 0 saturated heterocycles. The van der Waals surface area contributed by atoms with Gasteiger partial charge in [0.05, 0.1) is 21.7 Å². The molecule has 0 spiro atoms. The Morgan fingerprint density at radius 1 is 1.14 bits per heavy atom. The van der Waals surface area contributed by atoms with E-state index in [9.17, 15) is 14.9 Å². The maximum Gasteiger partial charge on any atom is 0.282 e. The van der Waals surface area contributed by atoms with Crippen molar-refractivity contribution in [2.75, 3.05) is 4.90 Å². The smallest absolute Gasteiger partial charge is 0.279 e. The van der Waals surface area contributed by atoms with Crippen LogP contribution in [0, 0.1) is 17.0 Å². The van der Waals surface area contributed by atoms with E-state index in [1.165, 1.54) is 28.4 Å². The van der Waals surface area contributed by atoms with Gasteiger partial charge in [0.25, 0.3) is 11.6 Å². The summed E-state index contributed by atoms with van der Waals surface area (Å²) in [6, 6.07) is 15.4. The molecule has 0 aliphatic heterocycles. The van der Waals surface area contributed by atoms with E-state index in [0.717, 1.165) is 21.3 Å². The van der Waals surface area contributed by atoms with Crippen LogP contribution < -0.4 is 4.90 Å². The van der Waals surface area contributed by atoms with Gasteiger partial charge in [-0.1, -0.05) is 41.7 Å². The average Bonchev–Trinajstić information content (AvgIpc) is 3.17. The number of fused-ring (bicyclic) bond motifs is 1. The monoisotopic (exact) mass is 404 g/mol. The quantitative estimate of drug-likeness (QED) is 0.354. The molecule has 4 aromatic rings. The second kappa shape index (κ2) is 7.76. The molecular weight excluding hydrogens is 388 g/mol. The van der Waals surface area contributed by atoms with Gasteiger partial charge in [0.15, 0.2) is 5.13 Å². The van der Waals surface area contributed by atoms with E-state index >= 15 is 0 Å². The van der Waals surface area contributed by atoms with Gasteiger partial charge in [-0.15, -0.1) is 0 Å². The fraction of sp³-hybridized carbons (Fsp3) is 0.0952. The van der Waals surface area contributed by atoms with Crippen LogP contribution in [0.25, 0.3) is 10.2 Å². The molecule has 0 bridgehead atoms. The zero-order valence-electron chi connectivity index (χ0n) is 15.5. The number of rotatable bonds is 5. The molecule has 4 rings (SSSR count). The van der Waals surface area contributed by atoms with Crippen molar-refractivity contribution in [1.29, 1.82) is 0 Å². The van der Waals surface area contributed by atoms with E-state index in [4.69, 9.17) is 0 Å². The highest BCUT2D eigenvalue weighted by Gasteiger charge is 2.27. The number of thiazole rings is 1. The highest BCUT2D eigenvalue weighted by molar-refractivity contribution is 7.22. The van der Waals surface area contributed by atoms with Gasteiger partial charge in [0, 0.05) is 18.5 Å². The van der Waals surface area contributed by atoms with E-state index < -0.39 is 10.8 Å². The number of benzene rings is 2. The minimum atomic E-state index is -0.544. The Bertz CT molecular complexity index is 1210. The first-order chi connectivity index (χ1) is 14.0. The van der Waals surface area contributed by atoms with Crippen LogP contribution in [-0.2, 0) is 6.54 Å². The topological polar surface area (TPSA) is 89.2 Å². The Hall–Kier alpha value is -3.65. The molecule has 8 heteroatoms. The Morgan fingerprint density at radius 3 is 2.69 bits per heavy atom. The number of amides is 1. The first kappa shape index (κ1) is 18.7. The second-order valence-corrected chi connectivity index (χ2v) is 7.45. The van der Waals surface area contributed by atoms with Crippen LogP contribution in [0.2, 0.25) is 0 Å². The lowest BCUT2D eigenvalue weighted by atomic mass is 10.1. The van der Waals surface area contributed by atoms with Gasteiger partial charge >= 0.3 is 0 Å². The first-order valence-electron chi connectivity index (χ1n) is 8.85. The molecule has 1 amide bonds. The molecule has 0 N–H and O–H groups in total. The van der Waals surface area contributed by atoms with Gasteiger partial charge in [-0.3, -0.25) is 24.8 Å². The summed E-state index contributed by atoms with van der Waals surface area (Å²) in [5.74, 6) is -0.474. The van der Waals surface area contributed by atoms with Crippen LogP contribution in [0.1, 0.15) is 21.5 Å². The summed E-state index contributed by atoms with van der Waals surface area (Å²) >= 11 is 1.38. The van der Waals surface area contributed by atoms with Crippen molar-refractivity contribution >= 4 is 38.3 Å². The second-order valence-electron chi connectivity index (χ2n) is 6.44. The minimum Gasteiger partial charge on any atom is -0.279 e. The number of pyridine rings is 1. The predicted octanol–water partition coefficient (Wildman–Crippen LogP) is 4.75. The maximum atomic E-state index is 13.4. The molecule has 7 nitrogen and oxygen atoms in total. The summed E-state index contributed by atoms with van der Waals surface area (Å²) in [6.45, 7) is 2.17.